The minimum absolute atomic E-state index is 0.0945. The molecule has 0 fully saturated rings. The van der Waals surface area contributed by atoms with Crippen molar-refractivity contribution < 1.29 is 4.79 Å². The molecule has 0 aliphatic heterocycles. The highest BCUT2D eigenvalue weighted by atomic mass is 16.1. The highest BCUT2D eigenvalue weighted by molar-refractivity contribution is 5.76. The zero-order valence-electron chi connectivity index (χ0n) is 11.3. The van der Waals surface area contributed by atoms with Crippen molar-refractivity contribution >= 4 is 11.6 Å². The van der Waals surface area contributed by atoms with Crippen LogP contribution < -0.4 is 11.1 Å². The minimum atomic E-state index is 0.0945. The summed E-state index contributed by atoms with van der Waals surface area (Å²) in [4.78, 5) is 13.7. The molecule has 0 saturated heterocycles. The van der Waals surface area contributed by atoms with Gasteiger partial charge in [-0.15, -0.1) is 0 Å². The third-order valence-corrected chi connectivity index (χ3v) is 2.78. The van der Waals surface area contributed by atoms with Crippen LogP contribution in [-0.2, 0) is 11.2 Å². The van der Waals surface area contributed by atoms with Gasteiger partial charge in [-0.05, 0) is 45.1 Å². The molecule has 0 bridgehead atoms. The van der Waals surface area contributed by atoms with Crippen LogP contribution in [0.3, 0.4) is 0 Å². The Bertz CT molecular complexity index is 377. The molecule has 0 radical (unpaired) electrons. The molecule has 3 N–H and O–H groups in total. The average molecular weight is 249 g/mol. The van der Waals surface area contributed by atoms with Crippen LogP contribution in [0, 0.1) is 0 Å². The van der Waals surface area contributed by atoms with Crippen LogP contribution in [0.4, 0.5) is 5.69 Å². The fraction of sp³-hybridized carbons (Fsp3) is 0.500. The molecular weight excluding hydrogens is 226 g/mol. The lowest BCUT2D eigenvalue weighted by Gasteiger charge is -2.10. The van der Waals surface area contributed by atoms with Gasteiger partial charge in [-0.3, -0.25) is 4.79 Å². The van der Waals surface area contributed by atoms with Gasteiger partial charge in [0.2, 0.25) is 5.91 Å². The van der Waals surface area contributed by atoms with E-state index >= 15 is 0 Å². The van der Waals surface area contributed by atoms with Crippen molar-refractivity contribution in [3.63, 3.8) is 0 Å². The molecule has 1 aromatic carbocycles. The smallest absolute Gasteiger partial charge is 0.220 e. The third kappa shape index (κ3) is 5.68. The number of aryl methyl sites for hydroxylation is 1. The Hall–Kier alpha value is -1.55. The number of nitrogens with zero attached hydrogens (tertiary/aromatic N) is 1. The van der Waals surface area contributed by atoms with Crippen LogP contribution >= 0.6 is 0 Å². The van der Waals surface area contributed by atoms with E-state index in [0.717, 1.165) is 30.8 Å². The SMILES string of the molecule is CN(C)CCCNC(=O)CCc1ccccc1N. The number of nitrogens with two attached hydrogens (primary N) is 1. The number of benzene rings is 1. The first-order chi connectivity index (χ1) is 8.59. The molecule has 0 aliphatic carbocycles. The second-order valence-corrected chi connectivity index (χ2v) is 4.71. The van der Waals surface area contributed by atoms with E-state index in [1.807, 2.05) is 38.4 Å². The van der Waals surface area contributed by atoms with Crippen molar-refractivity contribution in [2.75, 3.05) is 32.9 Å². The zero-order valence-corrected chi connectivity index (χ0v) is 11.3. The maximum Gasteiger partial charge on any atom is 0.220 e. The number of carbonyl (C=O) groups is 1. The first kappa shape index (κ1) is 14.5. The van der Waals surface area contributed by atoms with E-state index in [4.69, 9.17) is 5.73 Å². The molecule has 1 amide bonds. The van der Waals surface area contributed by atoms with E-state index in [9.17, 15) is 4.79 Å². The molecule has 0 atom stereocenters. The van der Waals surface area contributed by atoms with Crippen molar-refractivity contribution in [1.82, 2.24) is 10.2 Å². The van der Waals surface area contributed by atoms with Gasteiger partial charge in [0.25, 0.3) is 0 Å². The van der Waals surface area contributed by atoms with E-state index in [1.54, 1.807) is 0 Å². The Kier molecular flexibility index (Phi) is 6.22. The number of para-hydroxylation sites is 1. The number of nitrogens with one attached hydrogen (secondary N) is 1. The Morgan fingerprint density at radius 2 is 2.06 bits per heavy atom. The highest BCUT2D eigenvalue weighted by Gasteiger charge is 2.03. The van der Waals surface area contributed by atoms with Crippen LogP contribution in [-0.4, -0.2) is 38.0 Å². The molecule has 0 aromatic heterocycles. The summed E-state index contributed by atoms with van der Waals surface area (Å²) in [6.07, 6.45) is 2.18. The molecule has 4 nitrogen and oxygen atoms in total. The van der Waals surface area contributed by atoms with Crippen LogP contribution in [0.25, 0.3) is 0 Å². The standard InChI is InChI=1S/C14H23N3O/c1-17(2)11-5-10-16-14(18)9-8-12-6-3-4-7-13(12)15/h3-4,6-7H,5,8-11,15H2,1-2H3,(H,16,18). The van der Waals surface area contributed by atoms with Gasteiger partial charge in [0.05, 0.1) is 0 Å². The molecular formula is C14H23N3O. The monoisotopic (exact) mass is 249 g/mol. The van der Waals surface area contributed by atoms with E-state index in [2.05, 4.69) is 10.2 Å². The lowest BCUT2D eigenvalue weighted by molar-refractivity contribution is -0.121. The summed E-state index contributed by atoms with van der Waals surface area (Å²) in [6.45, 7) is 1.73. The summed E-state index contributed by atoms with van der Waals surface area (Å²) >= 11 is 0. The molecule has 0 unspecified atom stereocenters. The lowest BCUT2D eigenvalue weighted by Crippen LogP contribution is -2.27. The van der Waals surface area contributed by atoms with Gasteiger partial charge in [-0.1, -0.05) is 18.2 Å². The fourth-order valence-electron chi connectivity index (χ4n) is 1.72. The van der Waals surface area contributed by atoms with Gasteiger partial charge in [0, 0.05) is 18.7 Å². The van der Waals surface area contributed by atoms with Gasteiger partial charge >= 0.3 is 0 Å². The second kappa shape index (κ2) is 7.71. The summed E-state index contributed by atoms with van der Waals surface area (Å²) in [5.74, 6) is 0.0945. The summed E-state index contributed by atoms with van der Waals surface area (Å²) in [5.41, 5.74) is 7.63. The number of nitrogen functional groups attached to an aromatic ring is 1. The van der Waals surface area contributed by atoms with E-state index < -0.39 is 0 Å². The number of hydrogen-bond acceptors (Lipinski definition) is 3. The number of hydrogen-bond donors (Lipinski definition) is 2. The predicted molar refractivity (Wildman–Crippen MR) is 75.4 cm³/mol. The van der Waals surface area contributed by atoms with E-state index in [-0.39, 0.29) is 5.91 Å². The first-order valence-corrected chi connectivity index (χ1v) is 6.34. The third-order valence-electron chi connectivity index (χ3n) is 2.78. The van der Waals surface area contributed by atoms with Gasteiger partial charge < -0.3 is 16.0 Å². The number of anilines is 1. The van der Waals surface area contributed by atoms with Crippen molar-refractivity contribution in [1.29, 1.82) is 0 Å². The number of rotatable bonds is 7. The Morgan fingerprint density at radius 3 is 2.72 bits per heavy atom. The molecule has 4 heteroatoms. The maximum atomic E-state index is 11.6. The summed E-state index contributed by atoms with van der Waals surface area (Å²) in [6, 6.07) is 7.68. The number of amides is 1. The Morgan fingerprint density at radius 1 is 1.33 bits per heavy atom. The molecule has 0 aliphatic rings. The largest absolute Gasteiger partial charge is 0.399 e. The van der Waals surface area contributed by atoms with E-state index in [0.29, 0.717) is 12.8 Å². The van der Waals surface area contributed by atoms with Gasteiger partial charge in [0.15, 0.2) is 0 Å². The molecule has 0 heterocycles. The highest BCUT2D eigenvalue weighted by Crippen LogP contribution is 2.12. The Balaban J connectivity index is 2.19. The molecule has 1 aromatic rings. The summed E-state index contributed by atoms with van der Waals surface area (Å²) < 4.78 is 0. The van der Waals surface area contributed by atoms with Crippen molar-refractivity contribution in [3.05, 3.63) is 29.8 Å². The van der Waals surface area contributed by atoms with Crippen LogP contribution in [0.5, 0.6) is 0 Å². The van der Waals surface area contributed by atoms with Crippen LogP contribution in [0.15, 0.2) is 24.3 Å². The topological polar surface area (TPSA) is 58.4 Å². The van der Waals surface area contributed by atoms with Crippen molar-refractivity contribution in [2.45, 2.75) is 19.3 Å². The van der Waals surface area contributed by atoms with Gasteiger partial charge in [0.1, 0.15) is 0 Å². The maximum absolute atomic E-state index is 11.6. The van der Waals surface area contributed by atoms with E-state index in [1.165, 1.54) is 0 Å². The summed E-state index contributed by atoms with van der Waals surface area (Å²) in [7, 11) is 4.06. The van der Waals surface area contributed by atoms with Crippen LogP contribution in [0.1, 0.15) is 18.4 Å². The fourth-order valence-corrected chi connectivity index (χ4v) is 1.72. The molecule has 1 rings (SSSR count). The molecule has 0 spiro atoms. The van der Waals surface area contributed by atoms with Gasteiger partial charge in [-0.2, -0.15) is 0 Å². The lowest BCUT2D eigenvalue weighted by atomic mass is 10.1. The van der Waals surface area contributed by atoms with Gasteiger partial charge in [-0.25, -0.2) is 0 Å². The quantitative estimate of drug-likeness (QED) is 0.565. The van der Waals surface area contributed by atoms with Crippen molar-refractivity contribution in [3.8, 4) is 0 Å². The average Bonchev–Trinajstić information content (AvgIpc) is 2.33. The predicted octanol–water partition coefficient (Wildman–Crippen LogP) is 1.27. The minimum Gasteiger partial charge on any atom is -0.399 e. The summed E-state index contributed by atoms with van der Waals surface area (Å²) in [5, 5.41) is 2.92. The zero-order chi connectivity index (χ0) is 13.4. The van der Waals surface area contributed by atoms with Crippen molar-refractivity contribution in [2.24, 2.45) is 0 Å². The van der Waals surface area contributed by atoms with Crippen LogP contribution in [0.2, 0.25) is 0 Å². The molecule has 100 valence electrons. The number of carbonyl (C=O) groups excluding carboxylic acids is 1. The Labute approximate surface area is 109 Å². The molecule has 18 heavy (non-hydrogen) atoms. The first-order valence-electron chi connectivity index (χ1n) is 6.34. The normalized spacial score (nSPS) is 10.6. The second-order valence-electron chi connectivity index (χ2n) is 4.71. The molecule has 0 saturated carbocycles.